The van der Waals surface area contributed by atoms with Crippen LogP contribution in [0.25, 0.3) is 0 Å². The van der Waals surface area contributed by atoms with Gasteiger partial charge in [-0.25, -0.2) is 0 Å². The number of amides is 1. The fraction of sp³-hybridized carbons (Fsp3) is 0.368. The van der Waals surface area contributed by atoms with Gasteiger partial charge < -0.3 is 14.1 Å². The zero-order chi connectivity index (χ0) is 17.1. The molecule has 1 amide bonds. The van der Waals surface area contributed by atoms with Crippen LogP contribution >= 0.6 is 0 Å². The summed E-state index contributed by atoms with van der Waals surface area (Å²) in [5, 5.41) is 0. The van der Waals surface area contributed by atoms with Crippen molar-refractivity contribution in [3.63, 3.8) is 0 Å². The van der Waals surface area contributed by atoms with Crippen LogP contribution in [0.3, 0.4) is 0 Å². The van der Waals surface area contributed by atoms with Gasteiger partial charge in [-0.2, -0.15) is 0 Å². The first kappa shape index (κ1) is 16.3. The van der Waals surface area contributed by atoms with Crippen LogP contribution in [0.4, 0.5) is 0 Å². The van der Waals surface area contributed by atoms with Crippen molar-refractivity contribution < 1.29 is 18.7 Å². The van der Waals surface area contributed by atoms with Gasteiger partial charge in [0.05, 0.1) is 13.4 Å². The molecule has 2 heterocycles. The van der Waals surface area contributed by atoms with Gasteiger partial charge in [0.15, 0.2) is 11.5 Å². The Morgan fingerprint density at radius 3 is 2.33 bits per heavy atom. The van der Waals surface area contributed by atoms with Gasteiger partial charge in [-0.3, -0.25) is 9.59 Å². The summed E-state index contributed by atoms with van der Waals surface area (Å²) < 4.78 is 10.4. The number of piperidine rings is 1. The summed E-state index contributed by atoms with van der Waals surface area (Å²) in [6, 6.07) is 8.97. The molecule has 1 aliphatic heterocycles. The number of methoxy groups -OCH3 is 1. The maximum Gasteiger partial charge on any atom is 0.289 e. The largest absolute Gasteiger partial charge is 0.497 e. The van der Waals surface area contributed by atoms with Crippen LogP contribution < -0.4 is 4.74 Å². The summed E-state index contributed by atoms with van der Waals surface area (Å²) in [5.74, 6) is 1.14. The number of Topliss-reactive ketones (excluding diaryl/α,β-unsaturated/α-hetero) is 1. The Hall–Kier alpha value is -2.56. The van der Waals surface area contributed by atoms with E-state index in [1.165, 1.54) is 6.26 Å². The second-order valence-corrected chi connectivity index (χ2v) is 6.09. The number of hydrogen-bond acceptors (Lipinski definition) is 4. The van der Waals surface area contributed by atoms with Crippen molar-refractivity contribution in [3.8, 4) is 5.75 Å². The highest BCUT2D eigenvalue weighted by molar-refractivity contribution is 5.98. The third-order valence-corrected chi connectivity index (χ3v) is 4.58. The highest BCUT2D eigenvalue weighted by atomic mass is 16.5. The summed E-state index contributed by atoms with van der Waals surface area (Å²) >= 11 is 0. The minimum absolute atomic E-state index is 0.0415. The van der Waals surface area contributed by atoms with E-state index in [1.807, 2.05) is 6.92 Å². The molecule has 3 rings (SSSR count). The van der Waals surface area contributed by atoms with Crippen molar-refractivity contribution in [1.82, 2.24) is 4.90 Å². The van der Waals surface area contributed by atoms with E-state index in [9.17, 15) is 9.59 Å². The van der Waals surface area contributed by atoms with Crippen molar-refractivity contribution in [2.24, 2.45) is 5.92 Å². The fourth-order valence-corrected chi connectivity index (χ4v) is 3.07. The molecule has 0 aliphatic carbocycles. The quantitative estimate of drug-likeness (QED) is 0.808. The SMILES string of the molecule is COc1ccc(C(=O)C2CCN(C(=O)c3occc3C)CC2)cc1. The first-order valence-electron chi connectivity index (χ1n) is 8.12. The molecule has 0 N–H and O–H groups in total. The van der Waals surface area contributed by atoms with Gasteiger partial charge in [0.25, 0.3) is 5.91 Å². The fourth-order valence-electron chi connectivity index (χ4n) is 3.07. The molecule has 0 saturated carbocycles. The second-order valence-electron chi connectivity index (χ2n) is 6.09. The lowest BCUT2D eigenvalue weighted by Gasteiger charge is -2.31. The number of benzene rings is 1. The standard InChI is InChI=1S/C19H21NO4/c1-13-9-12-24-18(13)19(22)20-10-7-15(8-11-20)17(21)14-3-5-16(23-2)6-4-14/h3-6,9,12,15H,7-8,10-11H2,1-2H3. The van der Waals surface area contributed by atoms with Gasteiger partial charge in [-0.15, -0.1) is 0 Å². The zero-order valence-electron chi connectivity index (χ0n) is 14.0. The number of carbonyl (C=O) groups excluding carboxylic acids is 2. The van der Waals surface area contributed by atoms with Crippen LogP contribution in [-0.4, -0.2) is 36.8 Å². The molecule has 1 aliphatic rings. The number of carbonyl (C=O) groups is 2. The summed E-state index contributed by atoms with van der Waals surface area (Å²) in [6.07, 6.45) is 2.88. The number of ether oxygens (including phenoxy) is 1. The highest BCUT2D eigenvalue weighted by Gasteiger charge is 2.29. The van der Waals surface area contributed by atoms with Gasteiger partial charge in [0.1, 0.15) is 5.75 Å². The van der Waals surface area contributed by atoms with Crippen LogP contribution in [0.1, 0.15) is 39.3 Å². The summed E-state index contributed by atoms with van der Waals surface area (Å²) in [7, 11) is 1.60. The lowest BCUT2D eigenvalue weighted by Crippen LogP contribution is -2.40. The Morgan fingerprint density at radius 1 is 1.12 bits per heavy atom. The van der Waals surface area contributed by atoms with Crippen molar-refractivity contribution in [2.45, 2.75) is 19.8 Å². The molecule has 24 heavy (non-hydrogen) atoms. The monoisotopic (exact) mass is 327 g/mol. The molecule has 0 atom stereocenters. The van der Waals surface area contributed by atoms with Gasteiger partial charge in [0, 0.05) is 30.1 Å². The smallest absolute Gasteiger partial charge is 0.289 e. The molecular weight excluding hydrogens is 306 g/mol. The van der Waals surface area contributed by atoms with E-state index in [0.29, 0.717) is 37.3 Å². The number of ketones is 1. The summed E-state index contributed by atoms with van der Waals surface area (Å²) in [5.41, 5.74) is 1.54. The predicted octanol–water partition coefficient (Wildman–Crippen LogP) is 3.33. The van der Waals surface area contributed by atoms with Crippen molar-refractivity contribution in [1.29, 1.82) is 0 Å². The molecule has 1 aromatic carbocycles. The van der Waals surface area contributed by atoms with E-state index in [1.54, 1.807) is 42.3 Å². The molecule has 1 saturated heterocycles. The molecule has 0 radical (unpaired) electrons. The lowest BCUT2D eigenvalue weighted by atomic mass is 9.88. The molecule has 1 fully saturated rings. The van der Waals surface area contributed by atoms with Gasteiger partial charge in [-0.05, 0) is 50.1 Å². The van der Waals surface area contributed by atoms with Crippen LogP contribution in [0.2, 0.25) is 0 Å². The zero-order valence-corrected chi connectivity index (χ0v) is 14.0. The van der Waals surface area contributed by atoms with Gasteiger partial charge in [-0.1, -0.05) is 0 Å². The van der Waals surface area contributed by atoms with E-state index in [0.717, 1.165) is 11.3 Å². The van der Waals surface area contributed by atoms with E-state index in [4.69, 9.17) is 9.15 Å². The minimum atomic E-state index is -0.0900. The molecule has 2 aromatic rings. The van der Waals surface area contributed by atoms with Gasteiger partial charge >= 0.3 is 0 Å². The molecule has 0 spiro atoms. The molecule has 0 unspecified atom stereocenters. The predicted molar refractivity (Wildman–Crippen MR) is 89.4 cm³/mol. The number of hydrogen-bond donors (Lipinski definition) is 0. The number of likely N-dealkylation sites (tertiary alicyclic amines) is 1. The topological polar surface area (TPSA) is 59.8 Å². The summed E-state index contributed by atoms with van der Waals surface area (Å²) in [6.45, 7) is 3.01. The number of nitrogens with zero attached hydrogens (tertiary/aromatic N) is 1. The Kier molecular flexibility index (Phi) is 4.69. The van der Waals surface area contributed by atoms with E-state index >= 15 is 0 Å². The first-order valence-corrected chi connectivity index (χ1v) is 8.12. The van der Waals surface area contributed by atoms with E-state index in [-0.39, 0.29) is 17.6 Å². The normalized spacial score (nSPS) is 15.3. The van der Waals surface area contributed by atoms with Crippen molar-refractivity contribution >= 4 is 11.7 Å². The molecular formula is C19H21NO4. The summed E-state index contributed by atoms with van der Waals surface area (Å²) in [4.78, 5) is 26.8. The third-order valence-electron chi connectivity index (χ3n) is 4.58. The second kappa shape index (κ2) is 6.91. The molecule has 1 aromatic heterocycles. The van der Waals surface area contributed by atoms with Crippen LogP contribution in [0.5, 0.6) is 5.75 Å². The third kappa shape index (κ3) is 3.20. The van der Waals surface area contributed by atoms with E-state index < -0.39 is 0 Å². The Morgan fingerprint density at radius 2 is 1.79 bits per heavy atom. The van der Waals surface area contributed by atoms with Crippen LogP contribution in [0.15, 0.2) is 41.0 Å². The van der Waals surface area contributed by atoms with Crippen molar-refractivity contribution in [2.75, 3.05) is 20.2 Å². The molecule has 126 valence electrons. The number of aryl methyl sites for hydroxylation is 1. The average molecular weight is 327 g/mol. The van der Waals surface area contributed by atoms with Crippen LogP contribution in [-0.2, 0) is 0 Å². The van der Waals surface area contributed by atoms with Gasteiger partial charge in [0.2, 0.25) is 0 Å². The molecule has 0 bridgehead atoms. The maximum absolute atomic E-state index is 12.6. The first-order chi connectivity index (χ1) is 11.6. The molecule has 5 nitrogen and oxygen atoms in total. The Labute approximate surface area is 141 Å². The Balaban J connectivity index is 1.61. The minimum Gasteiger partial charge on any atom is -0.497 e. The van der Waals surface area contributed by atoms with E-state index in [2.05, 4.69) is 0 Å². The highest BCUT2D eigenvalue weighted by Crippen LogP contribution is 2.24. The Bertz CT molecular complexity index is 724. The average Bonchev–Trinajstić information content (AvgIpc) is 3.06. The number of furan rings is 1. The lowest BCUT2D eigenvalue weighted by molar-refractivity contribution is 0.0623. The maximum atomic E-state index is 12.6. The van der Waals surface area contributed by atoms with Crippen LogP contribution in [0, 0.1) is 12.8 Å². The van der Waals surface area contributed by atoms with Crippen molar-refractivity contribution in [3.05, 3.63) is 53.5 Å². The molecule has 5 heteroatoms. The number of rotatable bonds is 4.